The van der Waals surface area contributed by atoms with Crippen LogP contribution < -0.4 is 19.7 Å². The highest BCUT2D eigenvalue weighted by molar-refractivity contribution is 5.93. The Morgan fingerprint density at radius 3 is 2.04 bits per heavy atom. The van der Waals surface area contributed by atoms with E-state index in [4.69, 9.17) is 9.47 Å². The summed E-state index contributed by atoms with van der Waals surface area (Å²) in [6.45, 7) is 5.65. The van der Waals surface area contributed by atoms with E-state index < -0.39 is 0 Å². The third-order valence-electron chi connectivity index (χ3n) is 9.77. The van der Waals surface area contributed by atoms with Crippen LogP contribution in [0.25, 0.3) is 0 Å². The molecule has 0 radical (unpaired) electrons. The molecule has 5 nitrogen and oxygen atoms in total. The van der Waals surface area contributed by atoms with Crippen LogP contribution in [-0.4, -0.2) is 33.2 Å². The number of halogens is 1. The first-order valence-corrected chi connectivity index (χ1v) is 16.5. The van der Waals surface area contributed by atoms with E-state index in [2.05, 4.69) is 85.0 Å². The molecule has 0 bridgehead atoms. The van der Waals surface area contributed by atoms with Crippen LogP contribution in [-0.2, 0) is 22.2 Å². The molecule has 0 saturated carbocycles. The Balaban J connectivity index is 1.44. The molecule has 1 heterocycles. The van der Waals surface area contributed by atoms with Gasteiger partial charge in [0.1, 0.15) is 5.82 Å². The van der Waals surface area contributed by atoms with Crippen LogP contribution in [0.3, 0.4) is 0 Å². The Bertz CT molecular complexity index is 1540. The molecule has 4 aromatic rings. The number of nitrogens with one attached hydrogen (secondary N) is 1. The van der Waals surface area contributed by atoms with Crippen molar-refractivity contribution in [3.8, 4) is 11.5 Å². The zero-order chi connectivity index (χ0) is 32.6. The molecule has 4 aromatic carbocycles. The molecular formula is C40H47FN2O3. The van der Waals surface area contributed by atoms with E-state index in [-0.39, 0.29) is 22.7 Å². The van der Waals surface area contributed by atoms with Gasteiger partial charge in [-0.25, -0.2) is 4.39 Å². The fourth-order valence-corrected chi connectivity index (χ4v) is 7.31. The van der Waals surface area contributed by atoms with E-state index >= 15 is 0 Å². The molecule has 46 heavy (non-hydrogen) atoms. The van der Waals surface area contributed by atoms with Crippen molar-refractivity contribution in [2.45, 2.75) is 69.7 Å². The first kappa shape index (κ1) is 33.2. The summed E-state index contributed by atoms with van der Waals surface area (Å²) in [5.41, 5.74) is 5.42. The van der Waals surface area contributed by atoms with Crippen LogP contribution in [0.15, 0.2) is 97.1 Å². The van der Waals surface area contributed by atoms with E-state index in [1.54, 1.807) is 26.4 Å². The molecule has 0 spiro atoms. The molecule has 0 aromatic heterocycles. The highest BCUT2D eigenvalue weighted by Crippen LogP contribution is 2.44. The highest BCUT2D eigenvalue weighted by atomic mass is 19.1. The summed E-state index contributed by atoms with van der Waals surface area (Å²) in [6, 6.07) is 32.1. The van der Waals surface area contributed by atoms with Gasteiger partial charge in [0.2, 0.25) is 5.91 Å². The number of fused-ring (bicyclic) bond motifs is 1. The molecule has 6 heteroatoms. The smallest absolute Gasteiger partial charge is 0.226 e. The van der Waals surface area contributed by atoms with Crippen LogP contribution in [0.2, 0.25) is 0 Å². The fraction of sp³-hybridized carbons (Fsp3) is 0.375. The molecule has 0 saturated heterocycles. The number of anilines is 1. The average Bonchev–Trinajstić information content (AvgIpc) is 3.10. The molecular weight excluding hydrogens is 575 g/mol. The summed E-state index contributed by atoms with van der Waals surface area (Å²) < 4.78 is 25.0. The normalized spacial score (nSPS) is 16.0. The van der Waals surface area contributed by atoms with Crippen LogP contribution in [0, 0.1) is 5.82 Å². The second-order valence-corrected chi connectivity index (χ2v) is 12.5. The summed E-state index contributed by atoms with van der Waals surface area (Å²) in [7, 11) is 3.38. The Kier molecular flexibility index (Phi) is 10.8. The predicted octanol–water partition coefficient (Wildman–Crippen LogP) is 8.58. The van der Waals surface area contributed by atoms with Gasteiger partial charge < -0.3 is 19.7 Å². The number of rotatable bonds is 14. The van der Waals surface area contributed by atoms with Gasteiger partial charge in [-0.15, -0.1) is 0 Å². The Labute approximate surface area is 273 Å². The van der Waals surface area contributed by atoms with E-state index in [0.29, 0.717) is 13.0 Å². The standard InChI is InChI=1S/C40H47FN2O3/c1-5-38(44)43(34-20-18-33(41)19-21-34)27-13-25-40(31-14-8-6-9-15-31,32-16-10-7-11-17-32)24-12-23-39(2)35-29-37(46-4)36(45-3)28-30(35)22-26-42-39/h6-11,14-21,28-29,42H,5,12-13,22-27H2,1-4H3. The van der Waals surface area contributed by atoms with E-state index in [1.807, 2.05) is 11.8 Å². The Morgan fingerprint density at radius 1 is 0.870 bits per heavy atom. The first-order chi connectivity index (χ1) is 22.3. The van der Waals surface area contributed by atoms with Crippen molar-refractivity contribution in [1.29, 1.82) is 0 Å². The van der Waals surface area contributed by atoms with Gasteiger partial charge in [0, 0.05) is 36.2 Å². The number of hydrogen-bond donors (Lipinski definition) is 1. The molecule has 1 aliphatic heterocycles. The van der Waals surface area contributed by atoms with Crippen LogP contribution in [0.5, 0.6) is 11.5 Å². The van der Waals surface area contributed by atoms with Crippen LogP contribution in [0.4, 0.5) is 10.1 Å². The monoisotopic (exact) mass is 622 g/mol. The molecule has 1 atom stereocenters. The lowest BCUT2D eigenvalue weighted by atomic mass is 9.67. The lowest BCUT2D eigenvalue weighted by Gasteiger charge is -2.40. The van der Waals surface area contributed by atoms with Crippen molar-refractivity contribution in [3.05, 3.63) is 125 Å². The van der Waals surface area contributed by atoms with Crippen molar-refractivity contribution < 1.29 is 18.7 Å². The Hall–Kier alpha value is -4.16. The predicted molar refractivity (Wildman–Crippen MR) is 184 cm³/mol. The lowest BCUT2D eigenvalue weighted by molar-refractivity contribution is -0.118. The highest BCUT2D eigenvalue weighted by Gasteiger charge is 2.37. The topological polar surface area (TPSA) is 50.8 Å². The Morgan fingerprint density at radius 2 is 1.46 bits per heavy atom. The van der Waals surface area contributed by atoms with E-state index in [0.717, 1.165) is 62.3 Å². The van der Waals surface area contributed by atoms with Gasteiger partial charge >= 0.3 is 0 Å². The maximum Gasteiger partial charge on any atom is 0.226 e. The van der Waals surface area contributed by atoms with Gasteiger partial charge in [0.15, 0.2) is 11.5 Å². The minimum Gasteiger partial charge on any atom is -0.493 e. The molecule has 1 amide bonds. The molecule has 1 aliphatic rings. The van der Waals surface area contributed by atoms with Crippen molar-refractivity contribution in [2.24, 2.45) is 0 Å². The second kappa shape index (κ2) is 15.0. The van der Waals surface area contributed by atoms with E-state index in [1.165, 1.54) is 34.4 Å². The summed E-state index contributed by atoms with van der Waals surface area (Å²) >= 11 is 0. The third-order valence-corrected chi connectivity index (χ3v) is 9.77. The quantitative estimate of drug-likeness (QED) is 0.153. The van der Waals surface area contributed by atoms with E-state index in [9.17, 15) is 9.18 Å². The van der Waals surface area contributed by atoms with Crippen molar-refractivity contribution in [1.82, 2.24) is 5.32 Å². The lowest BCUT2D eigenvalue weighted by Crippen LogP contribution is -2.45. The van der Waals surface area contributed by atoms with Gasteiger partial charge in [0.25, 0.3) is 0 Å². The first-order valence-electron chi connectivity index (χ1n) is 16.5. The number of nitrogens with zero attached hydrogens (tertiary/aromatic N) is 1. The van der Waals surface area contributed by atoms with Crippen molar-refractivity contribution in [2.75, 3.05) is 32.2 Å². The van der Waals surface area contributed by atoms with Crippen LogP contribution in [0.1, 0.15) is 74.6 Å². The second-order valence-electron chi connectivity index (χ2n) is 12.5. The van der Waals surface area contributed by atoms with Gasteiger partial charge in [-0.1, -0.05) is 74.0 Å². The number of carbonyl (C=O) groups excluding carboxylic acids is 1. The molecule has 0 aliphatic carbocycles. The maximum atomic E-state index is 13.7. The molecule has 5 rings (SSSR count). The van der Waals surface area contributed by atoms with Crippen molar-refractivity contribution in [3.63, 3.8) is 0 Å². The number of methoxy groups -OCH3 is 2. The SMILES string of the molecule is CCC(=O)N(CCCC(CCCC1(C)NCCc2cc(OC)c(OC)cc21)(c1ccccc1)c1ccccc1)c1ccc(F)cc1. The summed E-state index contributed by atoms with van der Waals surface area (Å²) in [6.07, 6.45) is 5.88. The van der Waals surface area contributed by atoms with Crippen molar-refractivity contribution >= 4 is 11.6 Å². The minimum absolute atomic E-state index is 0.0404. The van der Waals surface area contributed by atoms with Gasteiger partial charge in [0.05, 0.1) is 14.2 Å². The number of amides is 1. The number of benzene rings is 4. The molecule has 0 fully saturated rings. The minimum atomic E-state index is -0.304. The van der Waals surface area contributed by atoms with Crippen LogP contribution >= 0.6 is 0 Å². The largest absolute Gasteiger partial charge is 0.493 e. The summed E-state index contributed by atoms with van der Waals surface area (Å²) in [4.78, 5) is 14.9. The zero-order valence-electron chi connectivity index (χ0n) is 27.7. The number of carbonyl (C=O) groups is 1. The van der Waals surface area contributed by atoms with Gasteiger partial charge in [-0.05, 0) is 97.7 Å². The third kappa shape index (κ3) is 7.13. The molecule has 242 valence electrons. The summed E-state index contributed by atoms with van der Waals surface area (Å²) in [5, 5.41) is 3.84. The molecule has 1 unspecified atom stereocenters. The number of ether oxygens (including phenoxy) is 2. The van der Waals surface area contributed by atoms with Gasteiger partial charge in [-0.3, -0.25) is 4.79 Å². The number of hydrogen-bond acceptors (Lipinski definition) is 4. The average molecular weight is 623 g/mol. The maximum absolute atomic E-state index is 13.7. The molecule has 1 N–H and O–H groups in total. The summed E-state index contributed by atoms with van der Waals surface area (Å²) in [5.74, 6) is 1.26. The zero-order valence-corrected chi connectivity index (χ0v) is 27.7. The van der Waals surface area contributed by atoms with Gasteiger partial charge in [-0.2, -0.15) is 0 Å². The fourth-order valence-electron chi connectivity index (χ4n) is 7.31.